The average Bonchev–Trinajstić information content (AvgIpc) is 2.47. The monoisotopic (exact) mass is 314 g/mol. The van der Waals surface area contributed by atoms with Gasteiger partial charge in [0.05, 0.1) is 5.56 Å². The number of ether oxygens (including phenoxy) is 2. The molecule has 1 atom stereocenters. The average molecular weight is 314 g/mol. The van der Waals surface area contributed by atoms with E-state index in [1.54, 1.807) is 30.3 Å². The second-order valence-corrected chi connectivity index (χ2v) is 5.04. The lowest BCUT2D eigenvalue weighted by molar-refractivity contribution is -0.00227. The van der Waals surface area contributed by atoms with Gasteiger partial charge in [-0.1, -0.05) is 18.2 Å². The first-order valence-corrected chi connectivity index (χ1v) is 7.88. The Kier molecular flexibility index (Phi) is 8.01. The van der Waals surface area contributed by atoms with Crippen molar-refractivity contribution in [2.24, 2.45) is 0 Å². The molecule has 1 aromatic rings. The predicted molar refractivity (Wildman–Crippen MR) is 75.3 cm³/mol. The first-order valence-electron chi connectivity index (χ1n) is 6.26. The van der Waals surface area contributed by atoms with Crippen LogP contribution in [-0.2, 0) is 18.6 Å². The van der Waals surface area contributed by atoms with Gasteiger partial charge in [0.2, 0.25) is 6.79 Å². The first kappa shape index (κ1) is 17.1. The summed E-state index contributed by atoms with van der Waals surface area (Å²) in [5, 5.41) is 2.44. The number of hydrogen-bond acceptors (Lipinski definition) is 6. The largest absolute Gasteiger partial charge is 0.504 e. The molecular weight excluding hydrogens is 297 g/mol. The van der Waals surface area contributed by atoms with Gasteiger partial charge < -0.3 is 14.8 Å². The van der Waals surface area contributed by atoms with E-state index in [9.17, 15) is 14.2 Å². The van der Waals surface area contributed by atoms with Crippen LogP contribution in [0, 0.1) is 0 Å². The van der Waals surface area contributed by atoms with Crippen LogP contribution in [0.1, 0.15) is 16.8 Å². The van der Waals surface area contributed by atoms with E-state index >= 15 is 0 Å². The Morgan fingerprint density at radius 3 is 2.57 bits per heavy atom. The van der Waals surface area contributed by atoms with Crippen molar-refractivity contribution >= 4 is 20.1 Å². The van der Waals surface area contributed by atoms with Crippen molar-refractivity contribution in [1.29, 1.82) is 0 Å². The highest BCUT2D eigenvalue weighted by Gasteiger charge is 2.08. The zero-order valence-electron chi connectivity index (χ0n) is 11.6. The quantitative estimate of drug-likeness (QED) is 0.343. The zero-order chi connectivity index (χ0) is 15.5. The lowest BCUT2D eigenvalue weighted by Crippen LogP contribution is -2.27. The molecule has 8 heteroatoms. The summed E-state index contributed by atoms with van der Waals surface area (Å²) < 4.78 is 24.9. The summed E-state index contributed by atoms with van der Waals surface area (Å²) >= 11 is 0. The maximum Gasteiger partial charge on any atom is 0.504 e. The van der Waals surface area contributed by atoms with Crippen LogP contribution >= 0.6 is 8.03 Å². The van der Waals surface area contributed by atoms with Crippen molar-refractivity contribution in [3.05, 3.63) is 35.9 Å². The third kappa shape index (κ3) is 8.02. The Balaban J connectivity index is 2.08. The molecule has 0 radical (unpaired) electrons. The fourth-order valence-corrected chi connectivity index (χ4v) is 1.69. The van der Waals surface area contributed by atoms with Gasteiger partial charge in [-0.25, -0.2) is 9.59 Å². The molecule has 1 unspecified atom stereocenters. The number of carbonyl (C=O) groups excluding carboxylic acids is 2. The van der Waals surface area contributed by atoms with Gasteiger partial charge in [-0.3, -0.25) is 0 Å². The van der Waals surface area contributed by atoms with E-state index in [0.29, 0.717) is 18.5 Å². The highest BCUT2D eigenvalue weighted by molar-refractivity contribution is 7.38. The molecule has 0 aliphatic rings. The van der Waals surface area contributed by atoms with E-state index in [-0.39, 0.29) is 6.61 Å². The van der Waals surface area contributed by atoms with Crippen LogP contribution in [0.25, 0.3) is 0 Å². The van der Waals surface area contributed by atoms with Crippen LogP contribution in [-0.4, -0.2) is 38.7 Å². The summed E-state index contributed by atoms with van der Waals surface area (Å²) in [4.78, 5) is 22.7. The Hall–Kier alpha value is -1.98. The zero-order valence-corrected chi connectivity index (χ0v) is 12.5. The third-order valence-electron chi connectivity index (χ3n) is 2.25. The normalized spacial score (nSPS) is 10.6. The second kappa shape index (κ2) is 9.85. The Bertz CT molecular complexity index is 479. The van der Waals surface area contributed by atoms with Crippen molar-refractivity contribution in [2.45, 2.75) is 6.42 Å². The molecule has 1 amide bonds. The van der Waals surface area contributed by atoms with Crippen LogP contribution < -0.4 is 5.32 Å². The molecule has 7 nitrogen and oxygen atoms in total. The molecule has 0 spiro atoms. The predicted octanol–water partition coefficient (Wildman–Crippen LogP) is 2.31. The maximum atomic E-state index is 11.5. The van der Waals surface area contributed by atoms with E-state index in [1.807, 2.05) is 0 Å². The topological polar surface area (TPSA) is 90.9 Å². The molecule has 0 fully saturated rings. The van der Waals surface area contributed by atoms with Crippen LogP contribution in [0.5, 0.6) is 0 Å². The highest BCUT2D eigenvalue weighted by Crippen LogP contribution is 2.14. The molecule has 0 heterocycles. The molecule has 1 N–H and O–H groups in total. The molecule has 0 aliphatic carbocycles. The van der Waals surface area contributed by atoms with Crippen molar-refractivity contribution in [3.63, 3.8) is 0 Å². The summed E-state index contributed by atoms with van der Waals surface area (Å²) in [6.45, 7) is 1.60. The number of alkyl carbamates (subject to hydrolysis) is 1. The number of amides is 1. The maximum absolute atomic E-state index is 11.5. The van der Waals surface area contributed by atoms with Gasteiger partial charge in [0.25, 0.3) is 0 Å². The summed E-state index contributed by atoms with van der Waals surface area (Å²) in [6.07, 6.45) is -0.190. The van der Waals surface area contributed by atoms with E-state index in [4.69, 9.17) is 9.26 Å². The van der Waals surface area contributed by atoms with Crippen LogP contribution in [0.4, 0.5) is 4.79 Å². The molecular formula is C13H17NO6P+. The van der Waals surface area contributed by atoms with Crippen molar-refractivity contribution in [3.8, 4) is 0 Å². The lowest BCUT2D eigenvalue weighted by atomic mass is 10.2. The van der Waals surface area contributed by atoms with Crippen LogP contribution in [0.2, 0.25) is 0 Å². The molecule has 114 valence electrons. The van der Waals surface area contributed by atoms with Gasteiger partial charge in [0.1, 0.15) is 6.61 Å². The van der Waals surface area contributed by atoms with E-state index in [1.165, 1.54) is 6.66 Å². The fourth-order valence-electron chi connectivity index (χ4n) is 1.30. The molecule has 1 rings (SSSR count). The minimum atomic E-state index is -1.62. The Morgan fingerprint density at radius 2 is 1.90 bits per heavy atom. The molecule has 0 aromatic heterocycles. The SMILES string of the molecule is C[P+](=O)OCCCNC(=O)OCOC(=O)c1ccccc1. The van der Waals surface area contributed by atoms with Gasteiger partial charge >= 0.3 is 20.1 Å². The van der Waals surface area contributed by atoms with E-state index < -0.39 is 26.9 Å². The highest BCUT2D eigenvalue weighted by atomic mass is 31.1. The number of nitrogens with one attached hydrogen (secondary N) is 1. The van der Waals surface area contributed by atoms with Crippen LogP contribution in [0.15, 0.2) is 30.3 Å². The summed E-state index contributed by atoms with van der Waals surface area (Å²) in [7, 11) is -1.62. The third-order valence-corrected chi connectivity index (χ3v) is 2.80. The summed E-state index contributed by atoms with van der Waals surface area (Å²) in [5.41, 5.74) is 0.382. The van der Waals surface area contributed by atoms with Gasteiger partial charge in [-0.15, -0.1) is 4.52 Å². The number of hydrogen-bond donors (Lipinski definition) is 1. The second-order valence-electron chi connectivity index (χ2n) is 3.90. The van der Waals surface area contributed by atoms with Gasteiger partial charge in [-0.2, -0.15) is 0 Å². The Labute approximate surface area is 123 Å². The molecule has 0 saturated heterocycles. The lowest BCUT2D eigenvalue weighted by Gasteiger charge is -2.07. The van der Waals surface area contributed by atoms with Crippen LogP contribution in [0.3, 0.4) is 0 Å². The summed E-state index contributed by atoms with van der Waals surface area (Å²) in [6, 6.07) is 8.38. The van der Waals surface area contributed by atoms with E-state index in [0.717, 1.165) is 0 Å². The van der Waals surface area contributed by atoms with Gasteiger partial charge in [0.15, 0.2) is 6.66 Å². The minimum Gasteiger partial charge on any atom is -0.424 e. The van der Waals surface area contributed by atoms with Crippen molar-refractivity contribution < 1.29 is 28.2 Å². The number of carbonyl (C=O) groups is 2. The summed E-state index contributed by atoms with van der Waals surface area (Å²) in [5.74, 6) is -0.566. The van der Waals surface area contributed by atoms with Gasteiger partial charge in [-0.05, 0) is 23.1 Å². The first-order chi connectivity index (χ1) is 10.1. The number of benzene rings is 1. The molecule has 1 aromatic carbocycles. The van der Waals surface area contributed by atoms with E-state index in [2.05, 4.69) is 10.1 Å². The van der Waals surface area contributed by atoms with Gasteiger partial charge in [0, 0.05) is 6.54 Å². The molecule has 21 heavy (non-hydrogen) atoms. The molecule has 0 bridgehead atoms. The van der Waals surface area contributed by atoms with Crippen molar-refractivity contribution in [1.82, 2.24) is 5.32 Å². The molecule has 0 saturated carbocycles. The number of rotatable bonds is 8. The van der Waals surface area contributed by atoms with Crippen molar-refractivity contribution in [2.75, 3.05) is 26.6 Å². The fraction of sp³-hybridized carbons (Fsp3) is 0.385. The molecule has 0 aliphatic heterocycles. The smallest absolute Gasteiger partial charge is 0.424 e. The Morgan fingerprint density at radius 1 is 1.19 bits per heavy atom. The number of esters is 1. The standard InChI is InChI=1S/C13H16NO6P/c1-21(17)20-9-5-8-14-13(16)19-10-18-12(15)11-6-3-2-4-7-11/h2-4,6-7H,5,8-10H2,1H3/p+1. The minimum absolute atomic E-state index is 0.287.